The molecule has 3 nitrogen and oxygen atoms in total. The molecule has 114 valence electrons. The molecule has 2 aromatic carbocycles. The normalized spacial score (nSPS) is 20.1. The molecule has 0 bridgehead atoms. The van der Waals surface area contributed by atoms with Crippen LogP contribution in [0.1, 0.15) is 30.9 Å². The van der Waals surface area contributed by atoms with Crippen LogP contribution < -0.4 is 10.6 Å². The first-order valence-corrected chi connectivity index (χ1v) is 7.50. The third kappa shape index (κ3) is 2.82. The van der Waals surface area contributed by atoms with Crippen molar-refractivity contribution in [3.63, 3.8) is 0 Å². The number of carbonyl (C=O) groups excluding carboxylic acids is 1. The summed E-state index contributed by atoms with van der Waals surface area (Å²) in [6, 6.07) is 13.9. The van der Waals surface area contributed by atoms with Gasteiger partial charge in [0, 0.05) is 0 Å². The molecule has 2 N–H and O–H groups in total. The Morgan fingerprint density at radius 2 is 1.86 bits per heavy atom. The Balaban J connectivity index is 1.78. The minimum absolute atomic E-state index is 0.188. The van der Waals surface area contributed by atoms with Crippen molar-refractivity contribution >= 4 is 11.7 Å². The molecule has 1 atom stereocenters. The number of hydrogen-bond donors (Lipinski definition) is 2. The number of benzene rings is 2. The van der Waals surface area contributed by atoms with Gasteiger partial charge in [-0.05, 0) is 49.4 Å². The van der Waals surface area contributed by atoms with E-state index in [0.717, 1.165) is 24.8 Å². The molecule has 0 aromatic heterocycles. The van der Waals surface area contributed by atoms with Crippen LogP contribution in [0.15, 0.2) is 48.5 Å². The highest BCUT2D eigenvalue weighted by Crippen LogP contribution is 2.34. The number of aryl methyl sites for hydroxylation is 1. The molecular formula is C18H19FN2O. The lowest BCUT2D eigenvalue weighted by Gasteiger charge is -2.36. The summed E-state index contributed by atoms with van der Waals surface area (Å²) in [5.74, 6) is -0.438. The van der Waals surface area contributed by atoms with Gasteiger partial charge in [-0.25, -0.2) is 9.18 Å². The zero-order chi connectivity index (χ0) is 15.6. The number of urea groups is 1. The van der Waals surface area contributed by atoms with Crippen LogP contribution in [0.2, 0.25) is 0 Å². The van der Waals surface area contributed by atoms with E-state index in [9.17, 15) is 9.18 Å². The topological polar surface area (TPSA) is 41.1 Å². The van der Waals surface area contributed by atoms with Crippen molar-refractivity contribution in [3.8, 4) is 0 Å². The van der Waals surface area contributed by atoms with Crippen molar-refractivity contribution in [1.82, 2.24) is 5.32 Å². The van der Waals surface area contributed by atoms with E-state index in [1.165, 1.54) is 11.6 Å². The number of para-hydroxylation sites is 1. The van der Waals surface area contributed by atoms with Gasteiger partial charge in [0.25, 0.3) is 0 Å². The summed E-state index contributed by atoms with van der Waals surface area (Å²) in [5, 5.41) is 5.60. The lowest BCUT2D eigenvalue weighted by atomic mass is 9.78. The Kier molecular flexibility index (Phi) is 3.84. The van der Waals surface area contributed by atoms with Gasteiger partial charge in [0.1, 0.15) is 5.82 Å². The fourth-order valence-corrected chi connectivity index (χ4v) is 3.14. The molecule has 1 aliphatic rings. The second-order valence-electron chi connectivity index (χ2n) is 5.90. The monoisotopic (exact) mass is 298 g/mol. The van der Waals surface area contributed by atoms with E-state index in [1.54, 1.807) is 18.2 Å². The van der Waals surface area contributed by atoms with Gasteiger partial charge >= 0.3 is 6.03 Å². The van der Waals surface area contributed by atoms with Gasteiger partial charge in [0.05, 0.1) is 11.2 Å². The van der Waals surface area contributed by atoms with Crippen LogP contribution >= 0.6 is 0 Å². The molecule has 0 spiro atoms. The third-order valence-electron chi connectivity index (χ3n) is 4.25. The highest BCUT2D eigenvalue weighted by molar-refractivity contribution is 5.90. The van der Waals surface area contributed by atoms with Crippen LogP contribution in [0.5, 0.6) is 0 Å². The first-order valence-electron chi connectivity index (χ1n) is 7.50. The summed E-state index contributed by atoms with van der Waals surface area (Å²) in [7, 11) is 0. The second kappa shape index (κ2) is 5.79. The summed E-state index contributed by atoms with van der Waals surface area (Å²) >= 11 is 0. The predicted octanol–water partition coefficient (Wildman–Crippen LogP) is 4.20. The number of carbonyl (C=O) groups is 1. The first kappa shape index (κ1) is 14.6. The Labute approximate surface area is 129 Å². The van der Waals surface area contributed by atoms with Crippen molar-refractivity contribution in [1.29, 1.82) is 0 Å². The van der Waals surface area contributed by atoms with Gasteiger partial charge in [-0.3, -0.25) is 0 Å². The summed E-state index contributed by atoms with van der Waals surface area (Å²) in [5.41, 5.74) is 2.17. The number of halogens is 1. The van der Waals surface area contributed by atoms with Crippen molar-refractivity contribution in [2.45, 2.75) is 31.7 Å². The molecule has 0 saturated heterocycles. The van der Waals surface area contributed by atoms with E-state index in [1.807, 2.05) is 19.1 Å². The van der Waals surface area contributed by atoms with E-state index >= 15 is 0 Å². The molecule has 0 fully saturated rings. The molecule has 4 heteroatoms. The van der Waals surface area contributed by atoms with Crippen LogP contribution in [0.4, 0.5) is 14.9 Å². The Morgan fingerprint density at radius 3 is 2.68 bits per heavy atom. The zero-order valence-corrected chi connectivity index (χ0v) is 12.5. The van der Waals surface area contributed by atoms with E-state index in [4.69, 9.17) is 0 Å². The van der Waals surface area contributed by atoms with Gasteiger partial charge in [0.15, 0.2) is 0 Å². The number of nitrogens with one attached hydrogen (secondary N) is 2. The SMILES string of the molecule is CC1(NC(=O)Nc2ccccc2F)CCCc2ccccc21. The van der Waals surface area contributed by atoms with Gasteiger partial charge in [-0.2, -0.15) is 0 Å². The highest BCUT2D eigenvalue weighted by Gasteiger charge is 2.33. The summed E-state index contributed by atoms with van der Waals surface area (Å²) < 4.78 is 13.6. The Morgan fingerprint density at radius 1 is 1.14 bits per heavy atom. The number of rotatable bonds is 2. The molecule has 0 heterocycles. The fraction of sp³-hybridized carbons (Fsp3) is 0.278. The number of hydrogen-bond acceptors (Lipinski definition) is 1. The average molecular weight is 298 g/mol. The van der Waals surface area contributed by atoms with Gasteiger partial charge in [0.2, 0.25) is 0 Å². The molecule has 1 unspecified atom stereocenters. The molecule has 3 rings (SSSR count). The summed E-state index contributed by atoms with van der Waals surface area (Å²) in [6.45, 7) is 2.02. The molecule has 22 heavy (non-hydrogen) atoms. The number of amides is 2. The van der Waals surface area contributed by atoms with Crippen molar-refractivity contribution in [3.05, 3.63) is 65.5 Å². The van der Waals surface area contributed by atoms with Crippen molar-refractivity contribution in [2.75, 3.05) is 5.32 Å². The highest BCUT2D eigenvalue weighted by atomic mass is 19.1. The summed E-state index contributed by atoms with van der Waals surface area (Å²) in [6.07, 6.45) is 2.92. The molecule has 2 aromatic rings. The summed E-state index contributed by atoms with van der Waals surface area (Å²) in [4.78, 5) is 12.3. The largest absolute Gasteiger partial charge is 0.329 e. The Hall–Kier alpha value is -2.36. The van der Waals surface area contributed by atoms with Crippen LogP contribution in [-0.2, 0) is 12.0 Å². The fourth-order valence-electron chi connectivity index (χ4n) is 3.14. The van der Waals surface area contributed by atoms with E-state index in [-0.39, 0.29) is 11.7 Å². The molecule has 1 aliphatic carbocycles. The van der Waals surface area contributed by atoms with Crippen molar-refractivity contribution in [2.24, 2.45) is 0 Å². The van der Waals surface area contributed by atoms with Crippen LogP contribution in [-0.4, -0.2) is 6.03 Å². The molecule has 0 radical (unpaired) electrons. The van der Waals surface area contributed by atoms with Gasteiger partial charge in [-0.15, -0.1) is 0 Å². The molecule has 2 amide bonds. The second-order valence-corrected chi connectivity index (χ2v) is 5.90. The standard InChI is InChI=1S/C18H19FN2O/c1-18(12-6-8-13-7-2-3-9-14(13)18)21-17(22)20-16-11-5-4-10-15(16)19/h2-5,7,9-11H,6,8,12H2,1H3,(H2,20,21,22). The number of fused-ring (bicyclic) bond motifs is 1. The zero-order valence-electron chi connectivity index (χ0n) is 12.5. The minimum atomic E-state index is -0.438. The maximum atomic E-state index is 13.6. The van der Waals surface area contributed by atoms with E-state index in [2.05, 4.69) is 22.8 Å². The van der Waals surface area contributed by atoms with E-state index in [0.29, 0.717) is 0 Å². The van der Waals surface area contributed by atoms with Crippen LogP contribution in [0, 0.1) is 5.82 Å². The average Bonchev–Trinajstić information content (AvgIpc) is 2.50. The van der Waals surface area contributed by atoms with Crippen molar-refractivity contribution < 1.29 is 9.18 Å². The van der Waals surface area contributed by atoms with Crippen LogP contribution in [0.25, 0.3) is 0 Å². The van der Waals surface area contributed by atoms with Gasteiger partial charge in [-0.1, -0.05) is 36.4 Å². The lowest BCUT2D eigenvalue weighted by molar-refractivity contribution is 0.233. The molecule has 0 saturated carbocycles. The lowest BCUT2D eigenvalue weighted by Crippen LogP contribution is -2.47. The Bertz CT molecular complexity index is 701. The molecular weight excluding hydrogens is 279 g/mol. The maximum absolute atomic E-state index is 13.6. The van der Waals surface area contributed by atoms with E-state index < -0.39 is 11.4 Å². The molecule has 0 aliphatic heterocycles. The predicted molar refractivity (Wildman–Crippen MR) is 85.3 cm³/mol. The third-order valence-corrected chi connectivity index (χ3v) is 4.25. The quantitative estimate of drug-likeness (QED) is 0.857. The number of anilines is 1. The maximum Gasteiger partial charge on any atom is 0.320 e. The van der Waals surface area contributed by atoms with Crippen LogP contribution in [0.3, 0.4) is 0 Å². The van der Waals surface area contributed by atoms with Gasteiger partial charge < -0.3 is 10.6 Å². The minimum Gasteiger partial charge on any atom is -0.329 e. The smallest absolute Gasteiger partial charge is 0.320 e. The first-order chi connectivity index (χ1) is 10.6.